The van der Waals surface area contributed by atoms with Crippen LogP contribution in [0.1, 0.15) is 0 Å². The molecule has 54 heavy (non-hydrogen) atoms. The van der Waals surface area contributed by atoms with Crippen molar-refractivity contribution in [2.75, 3.05) is 0 Å². The monoisotopic (exact) mass is 686 g/mol. The molecule has 0 aliphatic carbocycles. The molecule has 0 aliphatic heterocycles. The predicted octanol–water partition coefficient (Wildman–Crippen LogP) is 15.1. The van der Waals surface area contributed by atoms with E-state index >= 15 is 0 Å². The second-order valence-corrected chi connectivity index (χ2v) is 14.3. The van der Waals surface area contributed by atoms with Gasteiger partial charge in [-0.25, -0.2) is 0 Å². The first-order chi connectivity index (χ1) is 26.8. The fourth-order valence-electron chi connectivity index (χ4n) is 9.18. The van der Waals surface area contributed by atoms with Crippen LogP contribution in [0.5, 0.6) is 0 Å². The normalized spacial score (nSPS) is 12.1. The molecule has 10 aromatic carbocycles. The van der Waals surface area contributed by atoms with Crippen molar-refractivity contribution in [3.63, 3.8) is 0 Å². The molecule has 0 aliphatic rings. The number of hydrogen-bond donors (Lipinski definition) is 0. The quantitative estimate of drug-likeness (QED) is 0.137. The molecule has 12 aromatic rings. The summed E-state index contributed by atoms with van der Waals surface area (Å²) in [5.74, 6) is 0. The standard InChI is InChI=1S/C52H30O2/c1-2-15-32-31(14-1)30-45(34-17-4-3-16-33(32)34)49-38-21-7-5-19-36(38)48(37-20-6-8-22-39(37)49)44-29-28-40(50-43-23-10-12-27-47(43)54-52(44)50)42-25-13-24-41-35-18-9-11-26-46(35)53-51(41)42/h1-30H. The van der Waals surface area contributed by atoms with Crippen LogP contribution in [0.15, 0.2) is 191 Å². The van der Waals surface area contributed by atoms with Crippen LogP contribution >= 0.6 is 0 Å². The van der Waals surface area contributed by atoms with Crippen molar-refractivity contribution < 1.29 is 8.83 Å². The molecule has 250 valence electrons. The van der Waals surface area contributed by atoms with Gasteiger partial charge < -0.3 is 8.83 Å². The minimum atomic E-state index is 0.867. The summed E-state index contributed by atoms with van der Waals surface area (Å²) < 4.78 is 13.5. The first kappa shape index (κ1) is 29.4. The van der Waals surface area contributed by atoms with Crippen molar-refractivity contribution in [1.82, 2.24) is 0 Å². The van der Waals surface area contributed by atoms with Crippen molar-refractivity contribution in [2.24, 2.45) is 0 Å². The van der Waals surface area contributed by atoms with Gasteiger partial charge in [-0.15, -0.1) is 0 Å². The molecule has 2 heterocycles. The summed E-state index contributed by atoms with van der Waals surface area (Å²) in [5, 5.41) is 14.3. The number of benzene rings is 10. The van der Waals surface area contributed by atoms with Crippen LogP contribution in [-0.4, -0.2) is 0 Å². The Morgan fingerprint density at radius 1 is 0.259 bits per heavy atom. The van der Waals surface area contributed by atoms with Crippen LogP contribution in [0.25, 0.3) is 120 Å². The lowest BCUT2D eigenvalue weighted by Crippen LogP contribution is -1.93. The predicted molar refractivity (Wildman–Crippen MR) is 227 cm³/mol. The average molecular weight is 687 g/mol. The third kappa shape index (κ3) is 4.05. The van der Waals surface area contributed by atoms with Crippen LogP contribution in [0.2, 0.25) is 0 Å². The summed E-state index contributed by atoms with van der Waals surface area (Å²) in [7, 11) is 0. The van der Waals surface area contributed by atoms with Gasteiger partial charge in [-0.2, -0.15) is 0 Å². The summed E-state index contributed by atoms with van der Waals surface area (Å²) >= 11 is 0. The molecule has 0 bridgehead atoms. The highest BCUT2D eigenvalue weighted by Gasteiger charge is 2.24. The van der Waals surface area contributed by atoms with Crippen LogP contribution in [0.3, 0.4) is 0 Å². The molecular formula is C52H30O2. The number of furan rings is 2. The van der Waals surface area contributed by atoms with Crippen molar-refractivity contribution in [3.8, 4) is 33.4 Å². The number of hydrogen-bond acceptors (Lipinski definition) is 2. The zero-order chi connectivity index (χ0) is 35.3. The summed E-state index contributed by atoms with van der Waals surface area (Å²) in [6.07, 6.45) is 0. The van der Waals surface area contributed by atoms with Gasteiger partial charge >= 0.3 is 0 Å². The Morgan fingerprint density at radius 3 is 1.44 bits per heavy atom. The van der Waals surface area contributed by atoms with Gasteiger partial charge in [0, 0.05) is 38.2 Å². The van der Waals surface area contributed by atoms with Crippen LogP contribution in [0.4, 0.5) is 0 Å². The minimum absolute atomic E-state index is 0.867. The third-order valence-electron chi connectivity index (χ3n) is 11.5. The molecule has 12 rings (SSSR count). The van der Waals surface area contributed by atoms with E-state index in [9.17, 15) is 0 Å². The third-order valence-corrected chi connectivity index (χ3v) is 11.5. The summed E-state index contributed by atoms with van der Waals surface area (Å²) in [6, 6.07) is 65.5. The molecule has 0 N–H and O–H groups in total. The van der Waals surface area contributed by atoms with E-state index in [2.05, 4.69) is 170 Å². The van der Waals surface area contributed by atoms with Gasteiger partial charge in [-0.1, -0.05) is 158 Å². The maximum Gasteiger partial charge on any atom is 0.143 e. The molecule has 0 radical (unpaired) electrons. The Labute approximate surface area is 310 Å². The molecule has 2 nitrogen and oxygen atoms in total. The molecule has 0 amide bonds. The number of rotatable bonds is 3. The van der Waals surface area contributed by atoms with E-state index in [4.69, 9.17) is 8.83 Å². The lowest BCUT2D eigenvalue weighted by Gasteiger charge is -2.20. The highest BCUT2D eigenvalue weighted by atomic mass is 16.3. The Bertz CT molecular complexity index is 3450. The van der Waals surface area contributed by atoms with E-state index in [0.29, 0.717) is 0 Å². The van der Waals surface area contributed by atoms with Crippen LogP contribution in [0, 0.1) is 0 Å². The molecule has 0 unspecified atom stereocenters. The van der Waals surface area contributed by atoms with Gasteiger partial charge in [0.05, 0.1) is 0 Å². The van der Waals surface area contributed by atoms with Gasteiger partial charge in [0.2, 0.25) is 0 Å². The molecule has 0 saturated heterocycles. The molecule has 0 spiro atoms. The number of para-hydroxylation sites is 3. The Hall–Kier alpha value is -7.16. The van der Waals surface area contributed by atoms with Crippen molar-refractivity contribution >= 4 is 87.0 Å². The molecule has 0 fully saturated rings. The SMILES string of the molecule is c1ccc2c(c1)cc(-c1c3ccccc3c(-c3ccc(-c4cccc5c4oc4ccccc45)c4c3oc3ccccc34)c3ccccc13)c1ccccc12. The molecule has 0 saturated carbocycles. The fraction of sp³-hybridized carbons (Fsp3) is 0. The Morgan fingerprint density at radius 2 is 0.741 bits per heavy atom. The zero-order valence-corrected chi connectivity index (χ0v) is 29.1. The van der Waals surface area contributed by atoms with Gasteiger partial charge in [-0.3, -0.25) is 0 Å². The first-order valence-corrected chi connectivity index (χ1v) is 18.5. The molecule has 0 atom stereocenters. The molecular weight excluding hydrogens is 657 g/mol. The van der Waals surface area contributed by atoms with E-state index in [0.717, 1.165) is 60.6 Å². The lowest BCUT2D eigenvalue weighted by atomic mass is 9.83. The largest absolute Gasteiger partial charge is 0.455 e. The zero-order valence-electron chi connectivity index (χ0n) is 29.1. The second kappa shape index (κ2) is 11.2. The van der Waals surface area contributed by atoms with Crippen molar-refractivity contribution in [3.05, 3.63) is 182 Å². The highest BCUT2D eigenvalue weighted by Crippen LogP contribution is 2.50. The van der Waals surface area contributed by atoms with Gasteiger partial charge in [0.15, 0.2) is 0 Å². The maximum atomic E-state index is 6.96. The smallest absolute Gasteiger partial charge is 0.143 e. The fourth-order valence-corrected chi connectivity index (χ4v) is 9.18. The summed E-state index contributed by atoms with van der Waals surface area (Å²) in [6.45, 7) is 0. The van der Waals surface area contributed by atoms with Crippen molar-refractivity contribution in [2.45, 2.75) is 0 Å². The average Bonchev–Trinajstić information content (AvgIpc) is 3.82. The molecule has 2 aromatic heterocycles. The van der Waals surface area contributed by atoms with E-state index in [1.165, 1.54) is 59.8 Å². The Kier molecular flexibility index (Phi) is 6.09. The summed E-state index contributed by atoms with van der Waals surface area (Å²) in [5.41, 5.74) is 10.4. The van der Waals surface area contributed by atoms with Gasteiger partial charge in [0.1, 0.15) is 22.3 Å². The highest BCUT2D eigenvalue weighted by molar-refractivity contribution is 6.28. The lowest BCUT2D eigenvalue weighted by molar-refractivity contribution is 0.669. The van der Waals surface area contributed by atoms with E-state index < -0.39 is 0 Å². The summed E-state index contributed by atoms with van der Waals surface area (Å²) in [4.78, 5) is 0. The van der Waals surface area contributed by atoms with E-state index in [1.807, 2.05) is 12.1 Å². The Balaban J connectivity index is 1.20. The van der Waals surface area contributed by atoms with Crippen molar-refractivity contribution in [1.29, 1.82) is 0 Å². The van der Waals surface area contributed by atoms with E-state index in [-0.39, 0.29) is 0 Å². The molecule has 2 heteroatoms. The topological polar surface area (TPSA) is 26.3 Å². The minimum Gasteiger partial charge on any atom is -0.455 e. The van der Waals surface area contributed by atoms with Crippen LogP contribution < -0.4 is 0 Å². The van der Waals surface area contributed by atoms with E-state index in [1.54, 1.807) is 0 Å². The number of fused-ring (bicyclic) bond motifs is 11. The maximum absolute atomic E-state index is 6.96. The van der Waals surface area contributed by atoms with Gasteiger partial charge in [-0.05, 0) is 84.0 Å². The second-order valence-electron chi connectivity index (χ2n) is 14.3. The first-order valence-electron chi connectivity index (χ1n) is 18.5. The van der Waals surface area contributed by atoms with Crippen LogP contribution in [-0.2, 0) is 0 Å². The van der Waals surface area contributed by atoms with Gasteiger partial charge in [0.25, 0.3) is 0 Å².